The van der Waals surface area contributed by atoms with Crippen molar-refractivity contribution in [3.8, 4) is 0 Å². The molecule has 1 nitrogen and oxygen atoms in total. The minimum Gasteiger partial charge on any atom is -0.374 e. The predicted octanol–water partition coefficient (Wildman–Crippen LogP) is 7.88. The number of fused-ring (bicyclic) bond motifs is 7. The molecule has 5 fully saturated rings. The summed E-state index contributed by atoms with van der Waals surface area (Å²) in [6.45, 7) is 12.7. The third-order valence-corrected chi connectivity index (χ3v) is 11.8. The summed E-state index contributed by atoms with van der Waals surface area (Å²) in [4.78, 5) is 0. The molecular formula is C28H48O. The van der Waals surface area contributed by atoms with Crippen molar-refractivity contribution in [1.29, 1.82) is 0 Å². The van der Waals surface area contributed by atoms with Gasteiger partial charge in [0.2, 0.25) is 0 Å². The Labute approximate surface area is 181 Å². The Morgan fingerprint density at radius 3 is 2.59 bits per heavy atom. The van der Waals surface area contributed by atoms with Crippen LogP contribution in [0.15, 0.2) is 0 Å². The quantitative estimate of drug-likeness (QED) is 0.466. The first-order valence-corrected chi connectivity index (χ1v) is 13.5. The monoisotopic (exact) mass is 400 g/mol. The molecule has 1 heteroatoms. The Hall–Kier alpha value is -0.0400. The zero-order valence-corrected chi connectivity index (χ0v) is 20.1. The average molecular weight is 401 g/mol. The molecule has 4 saturated carbocycles. The smallest absolute Gasteiger partial charge is 0.0618 e. The lowest BCUT2D eigenvalue weighted by Crippen LogP contribution is -2.53. The molecule has 0 aromatic rings. The molecule has 29 heavy (non-hydrogen) atoms. The minimum atomic E-state index is 0.543. The maximum Gasteiger partial charge on any atom is 0.0618 e. The summed E-state index contributed by atoms with van der Waals surface area (Å²) in [5, 5.41) is 0. The number of hydrogen-bond donors (Lipinski definition) is 0. The van der Waals surface area contributed by atoms with Gasteiger partial charge < -0.3 is 4.74 Å². The summed E-state index contributed by atoms with van der Waals surface area (Å²) in [6.07, 6.45) is 18.7. The second-order valence-corrected chi connectivity index (χ2v) is 12.9. The van der Waals surface area contributed by atoms with Gasteiger partial charge in [-0.25, -0.2) is 0 Å². The molecule has 11 atom stereocenters. The molecule has 0 spiro atoms. The van der Waals surface area contributed by atoms with E-state index in [1.165, 1.54) is 77.0 Å². The van der Waals surface area contributed by atoms with Gasteiger partial charge in [-0.05, 0) is 110 Å². The second-order valence-electron chi connectivity index (χ2n) is 12.9. The van der Waals surface area contributed by atoms with E-state index in [0.717, 1.165) is 41.4 Å². The maximum atomic E-state index is 6.86. The third kappa shape index (κ3) is 3.10. The van der Waals surface area contributed by atoms with Crippen molar-refractivity contribution >= 4 is 0 Å². The summed E-state index contributed by atoms with van der Waals surface area (Å²) in [6, 6.07) is 0. The first-order valence-electron chi connectivity index (χ1n) is 13.5. The van der Waals surface area contributed by atoms with Gasteiger partial charge in [-0.3, -0.25) is 0 Å². The zero-order chi connectivity index (χ0) is 20.4. The highest BCUT2D eigenvalue weighted by Gasteiger charge is 2.65. The van der Waals surface area contributed by atoms with Gasteiger partial charge in [0, 0.05) is 0 Å². The van der Waals surface area contributed by atoms with E-state index in [9.17, 15) is 0 Å². The van der Waals surface area contributed by atoms with E-state index in [0.29, 0.717) is 23.0 Å². The fourth-order valence-corrected chi connectivity index (χ4v) is 9.97. The minimum absolute atomic E-state index is 0.543. The van der Waals surface area contributed by atoms with Gasteiger partial charge in [0.25, 0.3) is 0 Å². The van der Waals surface area contributed by atoms with Crippen LogP contribution in [0.5, 0.6) is 0 Å². The Morgan fingerprint density at radius 2 is 1.79 bits per heavy atom. The molecule has 0 aromatic heterocycles. The molecule has 0 bridgehead atoms. The van der Waals surface area contributed by atoms with Crippen LogP contribution >= 0.6 is 0 Å². The van der Waals surface area contributed by atoms with Crippen LogP contribution in [0.2, 0.25) is 0 Å². The largest absolute Gasteiger partial charge is 0.374 e. The normalized spacial score (nSPS) is 54.9. The van der Waals surface area contributed by atoms with Crippen LogP contribution in [-0.4, -0.2) is 12.2 Å². The maximum absolute atomic E-state index is 6.86. The predicted molar refractivity (Wildman–Crippen MR) is 122 cm³/mol. The van der Waals surface area contributed by atoms with E-state index in [1.54, 1.807) is 0 Å². The average Bonchev–Trinajstić information content (AvgIpc) is 3.19. The van der Waals surface area contributed by atoms with Gasteiger partial charge in [0.1, 0.15) is 0 Å². The fraction of sp³-hybridized carbons (Fsp3) is 1.00. The van der Waals surface area contributed by atoms with Crippen LogP contribution < -0.4 is 0 Å². The van der Waals surface area contributed by atoms with Crippen LogP contribution in [0.25, 0.3) is 0 Å². The van der Waals surface area contributed by atoms with Crippen LogP contribution in [0, 0.1) is 52.3 Å². The lowest BCUT2D eigenvalue weighted by Gasteiger charge is -2.60. The van der Waals surface area contributed by atoms with E-state index in [2.05, 4.69) is 34.6 Å². The topological polar surface area (TPSA) is 9.23 Å². The van der Waals surface area contributed by atoms with E-state index in [4.69, 9.17) is 4.74 Å². The van der Waals surface area contributed by atoms with Gasteiger partial charge in [-0.15, -0.1) is 0 Å². The first-order chi connectivity index (χ1) is 13.9. The summed E-state index contributed by atoms with van der Waals surface area (Å²) >= 11 is 0. The van der Waals surface area contributed by atoms with Gasteiger partial charge in [0.15, 0.2) is 0 Å². The fourth-order valence-electron chi connectivity index (χ4n) is 9.97. The van der Waals surface area contributed by atoms with E-state index in [-0.39, 0.29) is 0 Å². The van der Waals surface area contributed by atoms with Gasteiger partial charge >= 0.3 is 0 Å². The Kier molecular flexibility index (Phi) is 5.41. The SMILES string of the molecule is CCC(C)CCC1O[C@H]2C[C@H]3[C@@H]4CCC5CCCC[C@]5(C)[C@H]4CC[C@]3(C)[C@H]2[C@@H]1C. The van der Waals surface area contributed by atoms with Crippen molar-refractivity contribution in [2.75, 3.05) is 0 Å². The van der Waals surface area contributed by atoms with Crippen LogP contribution in [0.3, 0.4) is 0 Å². The Bertz CT molecular complexity index is 599. The highest BCUT2D eigenvalue weighted by molar-refractivity contribution is 5.13. The van der Waals surface area contributed by atoms with Crippen molar-refractivity contribution in [1.82, 2.24) is 0 Å². The molecule has 0 aromatic carbocycles. The Balaban J connectivity index is 1.33. The van der Waals surface area contributed by atoms with Crippen molar-refractivity contribution in [2.45, 2.75) is 124 Å². The van der Waals surface area contributed by atoms with Crippen LogP contribution in [0.4, 0.5) is 0 Å². The standard InChI is InChI=1S/C28H48O/c1-6-18(2)10-13-24-19(3)26-25(29-24)17-23-21-12-11-20-9-7-8-15-27(20,4)22(21)14-16-28(23,26)5/h18-26H,6-17H2,1-5H3/t18?,19-,20?,21-,22+,23+,24?,25+,26+,27+,28+/m1/s1. The molecular weight excluding hydrogens is 352 g/mol. The highest BCUT2D eigenvalue weighted by Crippen LogP contribution is 2.70. The summed E-state index contributed by atoms with van der Waals surface area (Å²) < 4.78 is 6.86. The second kappa shape index (κ2) is 7.53. The lowest BCUT2D eigenvalue weighted by molar-refractivity contribution is -0.115. The molecule has 1 aliphatic heterocycles. The van der Waals surface area contributed by atoms with Crippen LogP contribution in [0.1, 0.15) is 112 Å². The molecule has 5 aliphatic rings. The van der Waals surface area contributed by atoms with Crippen molar-refractivity contribution in [3.63, 3.8) is 0 Å². The van der Waals surface area contributed by atoms with Crippen molar-refractivity contribution in [2.24, 2.45) is 52.3 Å². The van der Waals surface area contributed by atoms with Crippen molar-refractivity contribution in [3.05, 3.63) is 0 Å². The van der Waals surface area contributed by atoms with E-state index >= 15 is 0 Å². The molecule has 0 radical (unpaired) electrons. The molecule has 1 saturated heterocycles. The van der Waals surface area contributed by atoms with E-state index < -0.39 is 0 Å². The third-order valence-electron chi connectivity index (χ3n) is 11.8. The van der Waals surface area contributed by atoms with Gasteiger partial charge in [-0.2, -0.15) is 0 Å². The van der Waals surface area contributed by atoms with E-state index in [1.807, 2.05) is 0 Å². The Morgan fingerprint density at radius 1 is 0.966 bits per heavy atom. The lowest BCUT2D eigenvalue weighted by atomic mass is 9.44. The molecule has 0 amide bonds. The van der Waals surface area contributed by atoms with Crippen molar-refractivity contribution < 1.29 is 4.74 Å². The first kappa shape index (κ1) is 20.8. The summed E-state index contributed by atoms with van der Waals surface area (Å²) in [5.74, 6) is 6.50. The molecule has 4 aliphatic carbocycles. The van der Waals surface area contributed by atoms with Gasteiger partial charge in [-0.1, -0.05) is 53.9 Å². The molecule has 1 heterocycles. The van der Waals surface area contributed by atoms with Crippen LogP contribution in [-0.2, 0) is 4.74 Å². The van der Waals surface area contributed by atoms with Gasteiger partial charge in [0.05, 0.1) is 12.2 Å². The highest BCUT2D eigenvalue weighted by atomic mass is 16.5. The molecule has 3 unspecified atom stereocenters. The summed E-state index contributed by atoms with van der Waals surface area (Å²) in [7, 11) is 0. The molecule has 166 valence electrons. The summed E-state index contributed by atoms with van der Waals surface area (Å²) in [5.41, 5.74) is 1.24. The molecule has 0 N–H and O–H groups in total. The number of hydrogen-bond acceptors (Lipinski definition) is 1. The number of ether oxygens (including phenoxy) is 1. The molecule has 5 rings (SSSR count). The zero-order valence-electron chi connectivity index (χ0n) is 20.1. The number of rotatable bonds is 4.